The lowest BCUT2D eigenvalue weighted by Gasteiger charge is -2.36. The molecule has 2 aliphatic carbocycles. The van der Waals surface area contributed by atoms with Gasteiger partial charge in [-0.1, -0.05) is 35.7 Å². The molecule has 2 fully saturated rings. The lowest BCUT2D eigenvalue weighted by atomic mass is 9.71. The molecule has 0 amide bonds. The van der Waals surface area contributed by atoms with E-state index in [4.69, 9.17) is 34.8 Å². The van der Waals surface area contributed by atoms with Crippen molar-refractivity contribution in [2.24, 2.45) is 17.3 Å². The largest absolute Gasteiger partial charge is 0.126 e. The minimum absolute atomic E-state index is 0.307. The molecule has 2 bridgehead atoms. The number of hydrogen-bond acceptors (Lipinski definition) is 0. The Bertz CT molecular complexity index is 457. The third-order valence-electron chi connectivity index (χ3n) is 4.91. The van der Waals surface area contributed by atoms with Gasteiger partial charge in [0.15, 0.2) is 0 Å². The van der Waals surface area contributed by atoms with Crippen LogP contribution >= 0.6 is 34.8 Å². The van der Waals surface area contributed by atoms with E-state index in [0.717, 1.165) is 24.1 Å². The van der Waals surface area contributed by atoms with Crippen LogP contribution in [0.1, 0.15) is 31.2 Å². The first-order valence-corrected chi connectivity index (χ1v) is 7.92. The fourth-order valence-electron chi connectivity index (χ4n) is 4.04. The normalized spacial score (nSPS) is 34.2. The maximum absolute atomic E-state index is 6.32. The first-order chi connectivity index (χ1) is 8.63. The maximum Gasteiger partial charge on any atom is 0.0595 e. The van der Waals surface area contributed by atoms with Gasteiger partial charge < -0.3 is 0 Å². The molecule has 3 unspecified atom stereocenters. The molecule has 1 aromatic rings. The number of fused-ring (bicyclic) bond motifs is 2. The smallest absolute Gasteiger partial charge is 0.0595 e. The number of hydrogen-bond donors (Lipinski definition) is 0. The molecule has 3 atom stereocenters. The van der Waals surface area contributed by atoms with E-state index < -0.39 is 0 Å². The van der Waals surface area contributed by atoms with Crippen LogP contribution in [0.2, 0.25) is 10.0 Å². The Balaban J connectivity index is 1.84. The highest BCUT2D eigenvalue weighted by Gasteiger charge is 2.50. The van der Waals surface area contributed by atoms with E-state index in [9.17, 15) is 0 Å². The van der Waals surface area contributed by atoms with E-state index in [1.807, 2.05) is 12.1 Å². The van der Waals surface area contributed by atoms with Crippen molar-refractivity contribution in [1.29, 1.82) is 0 Å². The molecule has 0 spiro atoms. The fourth-order valence-corrected chi connectivity index (χ4v) is 4.78. The standard InChI is InChI=1S/C15H17Cl3/c16-9-15(7-10-1-3-12(15)5-10)8-11-2-4-13(17)14(18)6-11/h2,4,6,10,12H,1,3,5,7-9H2. The quantitative estimate of drug-likeness (QED) is 0.639. The second-order valence-electron chi connectivity index (χ2n) is 6.00. The summed E-state index contributed by atoms with van der Waals surface area (Å²) < 4.78 is 0. The van der Waals surface area contributed by atoms with Gasteiger partial charge in [-0.2, -0.15) is 0 Å². The van der Waals surface area contributed by atoms with Crippen molar-refractivity contribution in [1.82, 2.24) is 0 Å². The first kappa shape index (κ1) is 13.1. The summed E-state index contributed by atoms with van der Waals surface area (Å²) in [5, 5.41) is 1.29. The van der Waals surface area contributed by atoms with E-state index in [2.05, 4.69) is 6.07 Å². The molecule has 0 heterocycles. The Morgan fingerprint density at radius 3 is 2.56 bits per heavy atom. The SMILES string of the molecule is ClCC1(Cc2ccc(Cl)c(Cl)c2)CC2CCC1C2. The van der Waals surface area contributed by atoms with Gasteiger partial charge in [-0.05, 0) is 60.6 Å². The van der Waals surface area contributed by atoms with Crippen molar-refractivity contribution in [3.05, 3.63) is 33.8 Å². The average Bonchev–Trinajstić information content (AvgIpc) is 2.94. The van der Waals surface area contributed by atoms with Gasteiger partial charge in [-0.3, -0.25) is 0 Å². The predicted molar refractivity (Wildman–Crippen MR) is 78.8 cm³/mol. The summed E-state index contributed by atoms with van der Waals surface area (Å²) in [5.74, 6) is 2.50. The van der Waals surface area contributed by atoms with E-state index >= 15 is 0 Å². The summed E-state index contributed by atoms with van der Waals surface area (Å²) in [6.45, 7) is 0. The molecule has 18 heavy (non-hydrogen) atoms. The summed E-state index contributed by atoms with van der Waals surface area (Å²) in [6.07, 6.45) is 6.49. The Kier molecular flexibility index (Phi) is 3.55. The van der Waals surface area contributed by atoms with E-state index in [-0.39, 0.29) is 0 Å². The molecular formula is C15H17Cl3. The van der Waals surface area contributed by atoms with Gasteiger partial charge in [-0.15, -0.1) is 11.6 Å². The maximum atomic E-state index is 6.32. The van der Waals surface area contributed by atoms with Gasteiger partial charge in [-0.25, -0.2) is 0 Å². The Hall–Kier alpha value is 0.0900. The van der Waals surface area contributed by atoms with E-state index in [1.54, 1.807) is 0 Å². The van der Waals surface area contributed by atoms with Crippen molar-refractivity contribution in [3.63, 3.8) is 0 Å². The van der Waals surface area contributed by atoms with Crippen molar-refractivity contribution < 1.29 is 0 Å². The predicted octanol–water partition coefficient (Wildman–Crippen LogP) is 5.58. The van der Waals surface area contributed by atoms with Crippen LogP contribution < -0.4 is 0 Å². The van der Waals surface area contributed by atoms with Gasteiger partial charge in [0.05, 0.1) is 10.0 Å². The highest BCUT2D eigenvalue weighted by atomic mass is 35.5. The van der Waals surface area contributed by atoms with Crippen LogP contribution in [0.4, 0.5) is 0 Å². The number of halogens is 3. The summed E-state index contributed by atoms with van der Waals surface area (Å²) in [5.41, 5.74) is 1.58. The van der Waals surface area contributed by atoms with Crippen LogP contribution in [0.5, 0.6) is 0 Å². The van der Waals surface area contributed by atoms with Crippen LogP contribution in [0.25, 0.3) is 0 Å². The zero-order chi connectivity index (χ0) is 12.8. The van der Waals surface area contributed by atoms with Crippen LogP contribution in [0, 0.1) is 17.3 Å². The molecule has 2 saturated carbocycles. The zero-order valence-corrected chi connectivity index (χ0v) is 12.5. The number of benzene rings is 1. The lowest BCUT2D eigenvalue weighted by molar-refractivity contribution is 0.193. The summed E-state index contributed by atoms with van der Waals surface area (Å²) >= 11 is 18.4. The lowest BCUT2D eigenvalue weighted by Crippen LogP contribution is -2.32. The zero-order valence-electron chi connectivity index (χ0n) is 10.3. The third-order valence-corrected chi connectivity index (χ3v) is 6.18. The molecular weight excluding hydrogens is 287 g/mol. The molecule has 0 aromatic heterocycles. The minimum atomic E-state index is 0.307. The molecule has 0 aliphatic heterocycles. The molecule has 3 rings (SSSR count). The van der Waals surface area contributed by atoms with Crippen molar-refractivity contribution in [2.45, 2.75) is 32.1 Å². The van der Waals surface area contributed by atoms with Crippen LogP contribution in [0.15, 0.2) is 18.2 Å². The molecule has 0 nitrogen and oxygen atoms in total. The van der Waals surface area contributed by atoms with Crippen molar-refractivity contribution in [3.8, 4) is 0 Å². The van der Waals surface area contributed by atoms with Gasteiger partial charge in [0.1, 0.15) is 0 Å². The third kappa shape index (κ3) is 2.17. The van der Waals surface area contributed by atoms with Gasteiger partial charge in [0, 0.05) is 5.88 Å². The first-order valence-electron chi connectivity index (χ1n) is 6.63. The summed E-state index contributed by atoms with van der Waals surface area (Å²) in [4.78, 5) is 0. The summed E-state index contributed by atoms with van der Waals surface area (Å²) in [6, 6.07) is 5.99. The van der Waals surface area contributed by atoms with Gasteiger partial charge in [0.2, 0.25) is 0 Å². The monoisotopic (exact) mass is 302 g/mol. The molecule has 0 saturated heterocycles. The number of alkyl halides is 1. The van der Waals surface area contributed by atoms with E-state index in [0.29, 0.717) is 15.5 Å². The molecule has 2 aliphatic rings. The Morgan fingerprint density at radius 2 is 2.00 bits per heavy atom. The molecule has 1 aromatic carbocycles. The minimum Gasteiger partial charge on any atom is -0.126 e. The molecule has 3 heteroatoms. The highest BCUT2D eigenvalue weighted by molar-refractivity contribution is 6.42. The van der Waals surface area contributed by atoms with E-state index in [1.165, 1.54) is 31.2 Å². The second-order valence-corrected chi connectivity index (χ2v) is 7.08. The van der Waals surface area contributed by atoms with Crippen LogP contribution in [-0.2, 0) is 6.42 Å². The highest BCUT2D eigenvalue weighted by Crippen LogP contribution is 2.57. The van der Waals surface area contributed by atoms with Gasteiger partial charge in [0.25, 0.3) is 0 Å². The van der Waals surface area contributed by atoms with Crippen LogP contribution in [-0.4, -0.2) is 5.88 Å². The molecule has 0 radical (unpaired) electrons. The van der Waals surface area contributed by atoms with Gasteiger partial charge >= 0.3 is 0 Å². The molecule has 98 valence electrons. The fraction of sp³-hybridized carbons (Fsp3) is 0.600. The van der Waals surface area contributed by atoms with Crippen molar-refractivity contribution in [2.75, 3.05) is 5.88 Å². The average molecular weight is 304 g/mol. The Morgan fingerprint density at radius 1 is 1.17 bits per heavy atom. The number of rotatable bonds is 3. The second kappa shape index (κ2) is 4.89. The topological polar surface area (TPSA) is 0 Å². The van der Waals surface area contributed by atoms with Crippen LogP contribution in [0.3, 0.4) is 0 Å². The van der Waals surface area contributed by atoms with Crippen molar-refractivity contribution >= 4 is 34.8 Å². The summed E-state index contributed by atoms with van der Waals surface area (Å²) in [7, 11) is 0. The molecule has 0 N–H and O–H groups in total. The Labute approximate surface area is 124 Å².